The maximum atomic E-state index is 11.3. The molecule has 0 aromatic carbocycles. The van der Waals surface area contributed by atoms with Crippen LogP contribution in [-0.4, -0.2) is 12.1 Å². The van der Waals surface area contributed by atoms with E-state index in [1.165, 1.54) is 56.9 Å². The Balaban J connectivity index is 1.97. The van der Waals surface area contributed by atoms with Crippen molar-refractivity contribution in [1.82, 2.24) is 0 Å². The molecule has 0 aromatic rings. The van der Waals surface area contributed by atoms with Gasteiger partial charge in [-0.2, -0.15) is 0 Å². The van der Waals surface area contributed by atoms with Gasteiger partial charge < -0.3 is 4.74 Å². The van der Waals surface area contributed by atoms with E-state index in [2.05, 4.69) is 6.08 Å². The van der Waals surface area contributed by atoms with Gasteiger partial charge in [0, 0.05) is 6.08 Å². The maximum Gasteiger partial charge on any atom is 0.331 e. The minimum absolute atomic E-state index is 0.0169. The molecule has 100 valence electrons. The molecular weight excluding hydrogens is 224 g/mol. The van der Waals surface area contributed by atoms with E-state index >= 15 is 0 Å². The number of fused-ring (bicyclic) bond motifs is 1. The summed E-state index contributed by atoms with van der Waals surface area (Å²) in [5, 5.41) is 0. The second kappa shape index (κ2) is 7.40. The number of ether oxygens (including phenoxy) is 1. The molecule has 1 aliphatic carbocycles. The first-order valence-corrected chi connectivity index (χ1v) is 7.45. The van der Waals surface area contributed by atoms with E-state index in [0.717, 1.165) is 12.8 Å². The lowest BCUT2D eigenvalue weighted by molar-refractivity contribution is -0.142. The smallest absolute Gasteiger partial charge is 0.331 e. The molecule has 1 unspecified atom stereocenters. The maximum absolute atomic E-state index is 11.3. The standard InChI is InChI=1S/C16H24O2/c17-16-13-12-14-10-8-6-4-2-1-3-5-7-9-11-15(14)18-16/h10,12-13,15H,1-9,11H2/b14-10+. The summed E-state index contributed by atoms with van der Waals surface area (Å²) in [5.41, 5.74) is 1.22. The van der Waals surface area contributed by atoms with Crippen LogP contribution in [0, 0.1) is 0 Å². The zero-order valence-corrected chi connectivity index (χ0v) is 11.2. The molecule has 0 fully saturated rings. The van der Waals surface area contributed by atoms with Crippen LogP contribution < -0.4 is 0 Å². The summed E-state index contributed by atoms with van der Waals surface area (Å²) in [6.45, 7) is 0. The Morgan fingerprint density at radius 1 is 0.889 bits per heavy atom. The van der Waals surface area contributed by atoms with Gasteiger partial charge in [0.05, 0.1) is 0 Å². The van der Waals surface area contributed by atoms with Crippen LogP contribution in [-0.2, 0) is 9.53 Å². The quantitative estimate of drug-likeness (QED) is 0.597. The number of hydrogen-bond acceptors (Lipinski definition) is 2. The number of allylic oxidation sites excluding steroid dienone is 1. The molecule has 0 amide bonds. The predicted molar refractivity (Wildman–Crippen MR) is 73.3 cm³/mol. The highest BCUT2D eigenvalue weighted by atomic mass is 16.5. The SMILES string of the molecule is O=C1C=C/C2=C\CCCCCCCCCCC2O1. The highest BCUT2D eigenvalue weighted by molar-refractivity contribution is 5.84. The van der Waals surface area contributed by atoms with E-state index in [4.69, 9.17) is 4.74 Å². The van der Waals surface area contributed by atoms with Crippen molar-refractivity contribution in [3.8, 4) is 0 Å². The fourth-order valence-corrected chi connectivity index (χ4v) is 2.75. The molecule has 2 aliphatic rings. The van der Waals surface area contributed by atoms with Gasteiger partial charge in [0.15, 0.2) is 0 Å². The van der Waals surface area contributed by atoms with Crippen molar-refractivity contribution < 1.29 is 9.53 Å². The van der Waals surface area contributed by atoms with Gasteiger partial charge in [-0.15, -0.1) is 0 Å². The lowest BCUT2D eigenvalue weighted by atomic mass is 9.99. The summed E-state index contributed by atoms with van der Waals surface area (Å²) in [6.07, 6.45) is 18.4. The molecule has 1 aliphatic heterocycles. The molecule has 0 saturated carbocycles. The van der Waals surface area contributed by atoms with Crippen LogP contribution >= 0.6 is 0 Å². The molecular formula is C16H24O2. The Morgan fingerprint density at radius 3 is 2.33 bits per heavy atom. The largest absolute Gasteiger partial charge is 0.454 e. The van der Waals surface area contributed by atoms with Crippen molar-refractivity contribution >= 4 is 5.97 Å². The van der Waals surface area contributed by atoms with Crippen molar-refractivity contribution in [1.29, 1.82) is 0 Å². The van der Waals surface area contributed by atoms with Gasteiger partial charge in [0.1, 0.15) is 6.10 Å². The Kier molecular flexibility index (Phi) is 5.50. The van der Waals surface area contributed by atoms with Gasteiger partial charge in [-0.05, 0) is 37.3 Å². The van der Waals surface area contributed by atoms with Crippen LogP contribution in [0.2, 0.25) is 0 Å². The monoisotopic (exact) mass is 248 g/mol. The van der Waals surface area contributed by atoms with Gasteiger partial charge in [0.2, 0.25) is 0 Å². The van der Waals surface area contributed by atoms with Crippen molar-refractivity contribution in [2.75, 3.05) is 0 Å². The fraction of sp³-hybridized carbons (Fsp3) is 0.688. The van der Waals surface area contributed by atoms with E-state index in [0.29, 0.717) is 0 Å². The summed E-state index contributed by atoms with van der Waals surface area (Å²) in [7, 11) is 0. The van der Waals surface area contributed by atoms with E-state index in [-0.39, 0.29) is 12.1 Å². The third kappa shape index (κ3) is 4.32. The first-order chi connectivity index (χ1) is 8.86. The van der Waals surface area contributed by atoms with E-state index in [1.807, 2.05) is 6.08 Å². The number of rotatable bonds is 0. The summed E-state index contributed by atoms with van der Waals surface area (Å²) in [6, 6.07) is 0. The first kappa shape index (κ1) is 13.4. The summed E-state index contributed by atoms with van der Waals surface area (Å²) in [5.74, 6) is -0.179. The third-order valence-electron chi connectivity index (χ3n) is 3.84. The van der Waals surface area contributed by atoms with Crippen molar-refractivity contribution in [2.45, 2.75) is 70.3 Å². The Morgan fingerprint density at radius 2 is 1.56 bits per heavy atom. The Hall–Kier alpha value is -1.05. The highest BCUT2D eigenvalue weighted by Gasteiger charge is 2.20. The van der Waals surface area contributed by atoms with Gasteiger partial charge in [0.25, 0.3) is 0 Å². The van der Waals surface area contributed by atoms with Crippen LogP contribution in [0.3, 0.4) is 0 Å². The van der Waals surface area contributed by atoms with Gasteiger partial charge >= 0.3 is 5.97 Å². The molecule has 0 radical (unpaired) electrons. The highest BCUT2D eigenvalue weighted by Crippen LogP contribution is 2.23. The fourth-order valence-electron chi connectivity index (χ4n) is 2.75. The Bertz CT molecular complexity index is 328. The van der Waals surface area contributed by atoms with Gasteiger partial charge in [-0.3, -0.25) is 0 Å². The minimum atomic E-state index is -0.179. The summed E-state index contributed by atoms with van der Waals surface area (Å²) >= 11 is 0. The zero-order chi connectivity index (χ0) is 12.6. The molecule has 0 saturated heterocycles. The van der Waals surface area contributed by atoms with E-state index in [1.54, 1.807) is 6.08 Å². The topological polar surface area (TPSA) is 26.3 Å². The first-order valence-electron chi connectivity index (χ1n) is 7.45. The van der Waals surface area contributed by atoms with Gasteiger partial charge in [-0.25, -0.2) is 4.79 Å². The van der Waals surface area contributed by atoms with Crippen molar-refractivity contribution in [3.05, 3.63) is 23.8 Å². The lowest BCUT2D eigenvalue weighted by Gasteiger charge is -2.21. The van der Waals surface area contributed by atoms with E-state index in [9.17, 15) is 4.79 Å². The van der Waals surface area contributed by atoms with Crippen molar-refractivity contribution in [2.24, 2.45) is 0 Å². The lowest BCUT2D eigenvalue weighted by Crippen LogP contribution is -2.22. The molecule has 1 atom stereocenters. The number of esters is 1. The normalized spacial score (nSPS) is 29.9. The molecule has 0 N–H and O–H groups in total. The molecule has 2 rings (SSSR count). The molecule has 2 heteroatoms. The summed E-state index contributed by atoms with van der Waals surface area (Å²) < 4.78 is 5.43. The van der Waals surface area contributed by atoms with Crippen LogP contribution in [0.15, 0.2) is 23.8 Å². The van der Waals surface area contributed by atoms with Crippen LogP contribution in [0.5, 0.6) is 0 Å². The molecule has 2 nitrogen and oxygen atoms in total. The molecule has 0 bridgehead atoms. The van der Waals surface area contributed by atoms with Crippen LogP contribution in [0.1, 0.15) is 64.2 Å². The molecule has 0 spiro atoms. The van der Waals surface area contributed by atoms with Crippen LogP contribution in [0.25, 0.3) is 0 Å². The van der Waals surface area contributed by atoms with E-state index < -0.39 is 0 Å². The van der Waals surface area contributed by atoms with Crippen molar-refractivity contribution in [3.63, 3.8) is 0 Å². The van der Waals surface area contributed by atoms with Gasteiger partial charge in [-0.1, -0.05) is 44.6 Å². The molecule has 18 heavy (non-hydrogen) atoms. The zero-order valence-electron chi connectivity index (χ0n) is 11.2. The number of carbonyl (C=O) groups is 1. The minimum Gasteiger partial charge on any atom is -0.454 e. The third-order valence-corrected chi connectivity index (χ3v) is 3.84. The molecule has 0 aromatic heterocycles. The summed E-state index contributed by atoms with van der Waals surface area (Å²) in [4.78, 5) is 11.3. The van der Waals surface area contributed by atoms with Crippen LogP contribution in [0.4, 0.5) is 0 Å². The number of carbonyl (C=O) groups excluding carboxylic acids is 1. The average Bonchev–Trinajstić information content (AvgIpc) is 2.39. The second-order valence-electron chi connectivity index (χ2n) is 5.37. The predicted octanol–water partition coefficient (Wildman–Crippen LogP) is 4.31. The Labute approximate surface area is 110 Å². The molecule has 1 heterocycles. The average molecular weight is 248 g/mol. The second-order valence-corrected chi connectivity index (χ2v) is 5.37. The number of hydrogen-bond donors (Lipinski definition) is 0.